The number of hydrogen-bond acceptors (Lipinski definition) is 1. The second-order valence-electron chi connectivity index (χ2n) is 4.45. The predicted molar refractivity (Wildman–Crippen MR) is 66.8 cm³/mol. The van der Waals surface area contributed by atoms with Gasteiger partial charge >= 0.3 is 0 Å². The number of amides is 1. The van der Waals surface area contributed by atoms with Crippen LogP contribution in [0.4, 0.5) is 5.69 Å². The first-order valence-electron chi connectivity index (χ1n) is 5.71. The van der Waals surface area contributed by atoms with Gasteiger partial charge in [-0.1, -0.05) is 38.6 Å². The number of anilines is 1. The quantitative estimate of drug-likeness (QED) is 0.695. The molecule has 1 aliphatic heterocycles. The number of benzene rings is 1. The topological polar surface area (TPSA) is 20.3 Å². The molecule has 1 heterocycles. The van der Waals surface area contributed by atoms with Crippen molar-refractivity contribution in [1.82, 2.24) is 0 Å². The molecule has 0 bridgehead atoms. The summed E-state index contributed by atoms with van der Waals surface area (Å²) in [5.41, 5.74) is 3.65. The van der Waals surface area contributed by atoms with Gasteiger partial charge in [-0.2, -0.15) is 0 Å². The monoisotopic (exact) mass is 215 g/mol. The highest BCUT2D eigenvalue weighted by Crippen LogP contribution is 2.35. The third kappa shape index (κ3) is 1.64. The van der Waals surface area contributed by atoms with Crippen molar-refractivity contribution in [2.24, 2.45) is 0 Å². The van der Waals surface area contributed by atoms with Gasteiger partial charge in [-0.05, 0) is 29.5 Å². The lowest BCUT2D eigenvalue weighted by molar-refractivity contribution is -0.114. The number of rotatable bonds is 2. The van der Waals surface area contributed by atoms with Crippen LogP contribution in [-0.2, 0) is 11.2 Å². The van der Waals surface area contributed by atoms with E-state index in [9.17, 15) is 4.79 Å². The molecule has 0 unspecified atom stereocenters. The fourth-order valence-electron chi connectivity index (χ4n) is 2.28. The Kier molecular flexibility index (Phi) is 2.82. The minimum atomic E-state index is 0.00634. The van der Waals surface area contributed by atoms with Crippen LogP contribution in [0.3, 0.4) is 0 Å². The highest BCUT2D eigenvalue weighted by Gasteiger charge is 2.26. The molecule has 2 rings (SSSR count). The standard InChI is InChI=1S/C14H17NO/c1-4-13(16)15-9-8-11-6-5-7-12(10(2)3)14(11)15/h4-7,10H,1,8-9H2,2-3H3. The van der Waals surface area contributed by atoms with Crippen molar-refractivity contribution in [2.75, 3.05) is 11.4 Å². The molecular weight excluding hydrogens is 198 g/mol. The Labute approximate surface area is 96.6 Å². The Morgan fingerprint density at radius 1 is 1.50 bits per heavy atom. The van der Waals surface area contributed by atoms with Crippen LogP contribution in [0.1, 0.15) is 30.9 Å². The fourth-order valence-corrected chi connectivity index (χ4v) is 2.28. The van der Waals surface area contributed by atoms with E-state index in [2.05, 4.69) is 38.6 Å². The van der Waals surface area contributed by atoms with E-state index < -0.39 is 0 Å². The predicted octanol–water partition coefficient (Wildman–Crippen LogP) is 2.89. The summed E-state index contributed by atoms with van der Waals surface area (Å²) in [4.78, 5) is 13.6. The largest absolute Gasteiger partial charge is 0.308 e. The first-order valence-corrected chi connectivity index (χ1v) is 5.71. The first kappa shape index (κ1) is 10.9. The Hall–Kier alpha value is -1.57. The summed E-state index contributed by atoms with van der Waals surface area (Å²) >= 11 is 0. The summed E-state index contributed by atoms with van der Waals surface area (Å²) < 4.78 is 0. The van der Waals surface area contributed by atoms with Crippen LogP contribution in [-0.4, -0.2) is 12.5 Å². The summed E-state index contributed by atoms with van der Waals surface area (Å²) in [6.07, 6.45) is 2.35. The maximum atomic E-state index is 11.8. The summed E-state index contributed by atoms with van der Waals surface area (Å²) in [6.45, 7) is 8.66. The van der Waals surface area contributed by atoms with Crippen molar-refractivity contribution in [3.05, 3.63) is 42.0 Å². The third-order valence-corrected chi connectivity index (χ3v) is 3.09. The summed E-state index contributed by atoms with van der Waals surface area (Å²) in [6, 6.07) is 6.30. The van der Waals surface area contributed by atoms with Gasteiger partial charge in [-0.15, -0.1) is 0 Å². The molecule has 1 amide bonds. The number of nitrogens with zero attached hydrogens (tertiary/aromatic N) is 1. The van der Waals surface area contributed by atoms with Crippen LogP contribution in [0.2, 0.25) is 0 Å². The molecule has 84 valence electrons. The van der Waals surface area contributed by atoms with Gasteiger partial charge < -0.3 is 4.90 Å². The van der Waals surface area contributed by atoms with Crippen molar-refractivity contribution in [3.8, 4) is 0 Å². The molecule has 0 aliphatic carbocycles. The number of carbonyl (C=O) groups is 1. The molecule has 1 aliphatic rings. The number of hydrogen-bond donors (Lipinski definition) is 0. The van der Waals surface area contributed by atoms with E-state index in [0.29, 0.717) is 5.92 Å². The van der Waals surface area contributed by atoms with Crippen molar-refractivity contribution >= 4 is 11.6 Å². The highest BCUT2D eigenvalue weighted by atomic mass is 16.2. The van der Waals surface area contributed by atoms with Crippen molar-refractivity contribution in [1.29, 1.82) is 0 Å². The second kappa shape index (κ2) is 4.12. The molecular formula is C14H17NO. The highest BCUT2D eigenvalue weighted by molar-refractivity contribution is 6.03. The third-order valence-electron chi connectivity index (χ3n) is 3.09. The van der Waals surface area contributed by atoms with Gasteiger partial charge in [-0.3, -0.25) is 4.79 Å². The molecule has 1 aromatic rings. The molecule has 0 saturated carbocycles. The van der Waals surface area contributed by atoms with Crippen molar-refractivity contribution in [2.45, 2.75) is 26.2 Å². The molecule has 0 fully saturated rings. The van der Waals surface area contributed by atoms with Crippen molar-refractivity contribution < 1.29 is 4.79 Å². The number of carbonyl (C=O) groups excluding carboxylic acids is 1. The molecule has 0 aromatic heterocycles. The van der Waals surface area contributed by atoms with Gasteiger partial charge in [0, 0.05) is 6.54 Å². The smallest absolute Gasteiger partial charge is 0.250 e. The van der Waals surface area contributed by atoms with E-state index in [4.69, 9.17) is 0 Å². The lowest BCUT2D eigenvalue weighted by Crippen LogP contribution is -2.27. The van der Waals surface area contributed by atoms with E-state index in [-0.39, 0.29) is 5.91 Å². The Balaban J connectivity index is 2.51. The average Bonchev–Trinajstić information content (AvgIpc) is 2.71. The minimum absolute atomic E-state index is 0.00634. The van der Waals surface area contributed by atoms with Crippen LogP contribution >= 0.6 is 0 Å². The van der Waals surface area contributed by atoms with Gasteiger partial charge in [-0.25, -0.2) is 0 Å². The fraction of sp³-hybridized carbons (Fsp3) is 0.357. The Morgan fingerprint density at radius 2 is 2.25 bits per heavy atom. The lowest BCUT2D eigenvalue weighted by Gasteiger charge is -2.20. The van der Waals surface area contributed by atoms with E-state index in [0.717, 1.165) is 18.7 Å². The zero-order valence-electron chi connectivity index (χ0n) is 9.86. The molecule has 16 heavy (non-hydrogen) atoms. The normalized spacial score (nSPS) is 14.1. The van der Waals surface area contributed by atoms with Gasteiger partial charge in [0.25, 0.3) is 0 Å². The van der Waals surface area contributed by atoms with Crippen LogP contribution in [0, 0.1) is 0 Å². The number of fused-ring (bicyclic) bond motifs is 1. The van der Waals surface area contributed by atoms with E-state index in [1.54, 1.807) is 0 Å². The lowest BCUT2D eigenvalue weighted by atomic mass is 9.98. The molecule has 0 spiro atoms. The minimum Gasteiger partial charge on any atom is -0.308 e. The van der Waals surface area contributed by atoms with E-state index in [1.165, 1.54) is 17.2 Å². The van der Waals surface area contributed by atoms with Gasteiger partial charge in [0.15, 0.2) is 0 Å². The zero-order chi connectivity index (χ0) is 11.7. The molecule has 0 saturated heterocycles. The number of para-hydroxylation sites is 1. The second-order valence-corrected chi connectivity index (χ2v) is 4.45. The Bertz CT molecular complexity index is 434. The van der Waals surface area contributed by atoms with Crippen LogP contribution in [0.25, 0.3) is 0 Å². The van der Waals surface area contributed by atoms with Gasteiger partial charge in [0.1, 0.15) is 0 Å². The van der Waals surface area contributed by atoms with Crippen molar-refractivity contribution in [3.63, 3.8) is 0 Å². The maximum absolute atomic E-state index is 11.8. The van der Waals surface area contributed by atoms with E-state index in [1.807, 2.05) is 4.90 Å². The zero-order valence-corrected chi connectivity index (χ0v) is 9.86. The SMILES string of the molecule is C=CC(=O)N1CCc2cccc(C(C)C)c21. The van der Waals surface area contributed by atoms with Crippen LogP contribution < -0.4 is 4.90 Å². The summed E-state index contributed by atoms with van der Waals surface area (Å²) in [7, 11) is 0. The van der Waals surface area contributed by atoms with Crippen LogP contribution in [0.5, 0.6) is 0 Å². The first-order chi connectivity index (χ1) is 7.65. The Morgan fingerprint density at radius 3 is 2.88 bits per heavy atom. The molecule has 2 heteroatoms. The van der Waals surface area contributed by atoms with Gasteiger partial charge in [0.2, 0.25) is 5.91 Å². The molecule has 2 nitrogen and oxygen atoms in total. The van der Waals surface area contributed by atoms with Gasteiger partial charge in [0.05, 0.1) is 5.69 Å². The summed E-state index contributed by atoms with van der Waals surface area (Å²) in [5.74, 6) is 0.444. The van der Waals surface area contributed by atoms with E-state index >= 15 is 0 Å². The molecule has 0 radical (unpaired) electrons. The molecule has 0 N–H and O–H groups in total. The van der Waals surface area contributed by atoms with Crippen LogP contribution in [0.15, 0.2) is 30.9 Å². The summed E-state index contributed by atoms with van der Waals surface area (Å²) in [5, 5.41) is 0. The average molecular weight is 215 g/mol. The maximum Gasteiger partial charge on any atom is 0.250 e. The molecule has 0 atom stereocenters. The molecule has 1 aromatic carbocycles.